The number of carbonyl (C=O) groups is 2. The number of fused-ring (bicyclic) bond motifs is 1. The third-order valence-corrected chi connectivity index (χ3v) is 5.44. The van der Waals surface area contributed by atoms with Crippen molar-refractivity contribution in [1.29, 1.82) is 0 Å². The molecule has 29 heavy (non-hydrogen) atoms. The number of rotatable bonds is 4. The monoisotopic (exact) mass is 389 g/mol. The molecule has 2 N–H and O–H groups in total. The molecular formula is C23H23N3O3. The maximum Gasteiger partial charge on any atom is 0.257 e. The van der Waals surface area contributed by atoms with E-state index in [0.29, 0.717) is 38.0 Å². The predicted octanol–water partition coefficient (Wildman–Crippen LogP) is 3.11. The number of phenols is 1. The van der Waals surface area contributed by atoms with Gasteiger partial charge in [0.1, 0.15) is 5.75 Å². The van der Waals surface area contributed by atoms with Gasteiger partial charge in [0.25, 0.3) is 5.91 Å². The van der Waals surface area contributed by atoms with Gasteiger partial charge in [-0.15, -0.1) is 0 Å². The van der Waals surface area contributed by atoms with Gasteiger partial charge in [0, 0.05) is 37.9 Å². The molecule has 4 rings (SSSR count). The van der Waals surface area contributed by atoms with Crippen molar-refractivity contribution in [2.24, 2.45) is 5.92 Å². The number of benzene rings is 2. The zero-order valence-electron chi connectivity index (χ0n) is 16.0. The first-order valence-electron chi connectivity index (χ1n) is 9.79. The van der Waals surface area contributed by atoms with E-state index in [9.17, 15) is 14.7 Å². The van der Waals surface area contributed by atoms with E-state index in [-0.39, 0.29) is 23.5 Å². The average Bonchev–Trinajstić information content (AvgIpc) is 2.77. The maximum absolute atomic E-state index is 12.9. The van der Waals surface area contributed by atoms with Crippen molar-refractivity contribution in [2.45, 2.75) is 19.4 Å². The largest absolute Gasteiger partial charge is 0.507 e. The molecular weight excluding hydrogens is 366 g/mol. The number of pyridine rings is 1. The lowest BCUT2D eigenvalue weighted by molar-refractivity contribution is -0.126. The van der Waals surface area contributed by atoms with Crippen LogP contribution in [0, 0.1) is 5.92 Å². The van der Waals surface area contributed by atoms with Crippen LogP contribution in [0.25, 0.3) is 10.8 Å². The van der Waals surface area contributed by atoms with Gasteiger partial charge < -0.3 is 15.3 Å². The molecule has 1 saturated heterocycles. The van der Waals surface area contributed by atoms with Gasteiger partial charge in [0.15, 0.2) is 0 Å². The van der Waals surface area contributed by atoms with Crippen LogP contribution in [0.2, 0.25) is 0 Å². The van der Waals surface area contributed by atoms with Crippen LogP contribution >= 0.6 is 0 Å². The Hall–Kier alpha value is -3.41. The Kier molecular flexibility index (Phi) is 5.42. The summed E-state index contributed by atoms with van der Waals surface area (Å²) in [5.74, 6) is -0.303. The van der Waals surface area contributed by atoms with Crippen LogP contribution in [0.5, 0.6) is 5.75 Å². The Labute approximate surface area is 169 Å². The Morgan fingerprint density at radius 2 is 1.79 bits per heavy atom. The Balaban J connectivity index is 1.36. The minimum Gasteiger partial charge on any atom is -0.507 e. The lowest BCUT2D eigenvalue weighted by Gasteiger charge is -2.31. The molecule has 1 fully saturated rings. The summed E-state index contributed by atoms with van der Waals surface area (Å²) < 4.78 is 0. The lowest BCUT2D eigenvalue weighted by Crippen LogP contribution is -2.43. The third kappa shape index (κ3) is 4.21. The van der Waals surface area contributed by atoms with Crippen molar-refractivity contribution >= 4 is 22.6 Å². The number of aromatic hydroxyl groups is 1. The van der Waals surface area contributed by atoms with Crippen molar-refractivity contribution in [3.8, 4) is 5.75 Å². The fraction of sp³-hybridized carbons (Fsp3) is 0.261. The number of hydrogen-bond acceptors (Lipinski definition) is 4. The molecule has 0 spiro atoms. The summed E-state index contributed by atoms with van der Waals surface area (Å²) in [6.07, 6.45) is 4.65. The molecule has 2 amide bonds. The number of nitrogens with one attached hydrogen (secondary N) is 1. The summed E-state index contributed by atoms with van der Waals surface area (Å²) in [6.45, 7) is 1.45. The normalized spacial score (nSPS) is 14.7. The molecule has 0 saturated carbocycles. The van der Waals surface area contributed by atoms with Crippen LogP contribution in [0.15, 0.2) is 60.9 Å². The molecule has 6 heteroatoms. The highest BCUT2D eigenvalue weighted by Gasteiger charge is 2.28. The molecule has 1 aromatic heterocycles. The van der Waals surface area contributed by atoms with Gasteiger partial charge in [-0.1, -0.05) is 30.3 Å². The van der Waals surface area contributed by atoms with Crippen LogP contribution in [-0.4, -0.2) is 39.9 Å². The quantitative estimate of drug-likeness (QED) is 0.718. The molecule has 3 aromatic rings. The zero-order valence-corrected chi connectivity index (χ0v) is 16.0. The van der Waals surface area contributed by atoms with E-state index in [2.05, 4.69) is 10.3 Å². The number of aromatic nitrogens is 1. The van der Waals surface area contributed by atoms with Crippen molar-refractivity contribution < 1.29 is 14.7 Å². The second kappa shape index (κ2) is 8.31. The first-order chi connectivity index (χ1) is 14.1. The van der Waals surface area contributed by atoms with E-state index in [1.807, 2.05) is 36.4 Å². The predicted molar refractivity (Wildman–Crippen MR) is 110 cm³/mol. The number of nitrogens with zero attached hydrogens (tertiary/aromatic N) is 2. The Bertz CT molecular complexity index is 1030. The number of piperidine rings is 1. The van der Waals surface area contributed by atoms with Crippen molar-refractivity contribution in [2.75, 3.05) is 13.1 Å². The summed E-state index contributed by atoms with van der Waals surface area (Å²) >= 11 is 0. The molecule has 0 radical (unpaired) electrons. The fourth-order valence-corrected chi connectivity index (χ4v) is 3.75. The number of carbonyl (C=O) groups excluding carboxylic acids is 2. The van der Waals surface area contributed by atoms with E-state index < -0.39 is 0 Å². The van der Waals surface area contributed by atoms with Gasteiger partial charge >= 0.3 is 0 Å². The Morgan fingerprint density at radius 3 is 2.48 bits per heavy atom. The molecule has 0 bridgehead atoms. The molecule has 2 heterocycles. The zero-order chi connectivity index (χ0) is 20.2. The maximum atomic E-state index is 12.9. The molecule has 1 aliphatic heterocycles. The van der Waals surface area contributed by atoms with Crippen LogP contribution in [0.1, 0.15) is 28.8 Å². The summed E-state index contributed by atoms with van der Waals surface area (Å²) in [5.41, 5.74) is 1.27. The van der Waals surface area contributed by atoms with Gasteiger partial charge in [0.05, 0.1) is 5.56 Å². The van der Waals surface area contributed by atoms with E-state index in [0.717, 1.165) is 16.3 Å². The molecule has 148 valence electrons. The van der Waals surface area contributed by atoms with Crippen LogP contribution in [0.3, 0.4) is 0 Å². The Morgan fingerprint density at radius 1 is 1.07 bits per heavy atom. The SMILES string of the molecule is O=C(NCc1cccnc1)C1CCN(C(=O)c2cc3ccccc3cc2O)CC1. The van der Waals surface area contributed by atoms with Crippen LogP contribution < -0.4 is 5.32 Å². The topological polar surface area (TPSA) is 82.5 Å². The van der Waals surface area contributed by atoms with Crippen molar-refractivity contribution in [1.82, 2.24) is 15.2 Å². The van der Waals surface area contributed by atoms with E-state index in [1.165, 1.54) is 0 Å². The summed E-state index contributed by atoms with van der Waals surface area (Å²) in [6, 6.07) is 14.7. The summed E-state index contributed by atoms with van der Waals surface area (Å²) in [7, 11) is 0. The minimum atomic E-state index is -0.192. The third-order valence-electron chi connectivity index (χ3n) is 5.44. The second-order valence-corrected chi connectivity index (χ2v) is 7.36. The number of hydrogen-bond donors (Lipinski definition) is 2. The van der Waals surface area contributed by atoms with E-state index >= 15 is 0 Å². The van der Waals surface area contributed by atoms with Gasteiger partial charge in [-0.05, 0) is 47.4 Å². The van der Waals surface area contributed by atoms with Gasteiger partial charge in [0.2, 0.25) is 5.91 Å². The number of likely N-dealkylation sites (tertiary alicyclic amines) is 1. The number of amides is 2. The molecule has 2 aromatic carbocycles. The molecule has 0 atom stereocenters. The summed E-state index contributed by atoms with van der Waals surface area (Å²) in [5, 5.41) is 15.1. The second-order valence-electron chi connectivity index (χ2n) is 7.36. The van der Waals surface area contributed by atoms with Crippen LogP contribution in [0.4, 0.5) is 0 Å². The summed E-state index contributed by atoms with van der Waals surface area (Å²) in [4.78, 5) is 31.1. The highest BCUT2D eigenvalue weighted by atomic mass is 16.3. The van der Waals surface area contributed by atoms with Gasteiger partial charge in [-0.25, -0.2) is 0 Å². The van der Waals surface area contributed by atoms with E-state index in [4.69, 9.17) is 0 Å². The lowest BCUT2D eigenvalue weighted by atomic mass is 9.95. The van der Waals surface area contributed by atoms with Gasteiger partial charge in [-0.2, -0.15) is 0 Å². The van der Waals surface area contributed by atoms with Gasteiger partial charge in [-0.3, -0.25) is 14.6 Å². The van der Waals surface area contributed by atoms with E-state index in [1.54, 1.807) is 29.4 Å². The smallest absolute Gasteiger partial charge is 0.257 e. The standard InChI is InChI=1S/C23H23N3O3/c27-21-13-19-6-2-1-5-18(19)12-20(21)23(29)26-10-7-17(8-11-26)22(28)25-15-16-4-3-9-24-14-16/h1-6,9,12-14,17,27H,7-8,10-11,15H2,(H,25,28). The molecule has 0 aliphatic carbocycles. The van der Waals surface area contributed by atoms with Crippen LogP contribution in [-0.2, 0) is 11.3 Å². The van der Waals surface area contributed by atoms with Crippen molar-refractivity contribution in [3.63, 3.8) is 0 Å². The molecule has 1 aliphatic rings. The average molecular weight is 389 g/mol. The first kappa shape index (κ1) is 18.9. The molecule has 6 nitrogen and oxygen atoms in total. The highest BCUT2D eigenvalue weighted by Crippen LogP contribution is 2.28. The fourth-order valence-electron chi connectivity index (χ4n) is 3.75. The minimum absolute atomic E-state index is 0.00880. The molecule has 0 unspecified atom stereocenters. The first-order valence-corrected chi connectivity index (χ1v) is 9.79. The number of phenolic OH excluding ortho intramolecular Hbond substituents is 1. The van der Waals surface area contributed by atoms with Crippen molar-refractivity contribution in [3.05, 3.63) is 72.1 Å². The highest BCUT2D eigenvalue weighted by molar-refractivity contribution is 6.01.